The van der Waals surface area contributed by atoms with Gasteiger partial charge in [-0.15, -0.1) is 0 Å². The van der Waals surface area contributed by atoms with Gasteiger partial charge in [0.1, 0.15) is 5.76 Å². The molecule has 3 rings (SSSR count). The van der Waals surface area contributed by atoms with E-state index in [1.54, 1.807) is 47.6 Å². The maximum Gasteiger partial charge on any atom is 0.258 e. The minimum absolute atomic E-state index is 0.0961. The molecule has 0 aliphatic heterocycles. The lowest BCUT2D eigenvalue weighted by Crippen LogP contribution is -2.30. The van der Waals surface area contributed by atoms with Crippen LogP contribution in [0.3, 0.4) is 0 Å². The summed E-state index contributed by atoms with van der Waals surface area (Å²) in [6, 6.07) is 19.8. The molecule has 0 atom stereocenters. The highest BCUT2D eigenvalue weighted by Crippen LogP contribution is 2.17. The average molecular weight is 348 g/mol. The van der Waals surface area contributed by atoms with Crippen LogP contribution >= 0.6 is 0 Å². The molecule has 0 fully saturated rings. The molecule has 0 unspecified atom stereocenters. The van der Waals surface area contributed by atoms with Crippen LogP contribution in [0, 0.1) is 0 Å². The summed E-state index contributed by atoms with van der Waals surface area (Å²) < 4.78 is 5.19. The summed E-state index contributed by atoms with van der Waals surface area (Å²) in [6.07, 6.45) is 1.56. The minimum Gasteiger partial charge on any atom is -0.467 e. The van der Waals surface area contributed by atoms with E-state index in [1.807, 2.05) is 37.3 Å². The molecule has 1 N–H and O–H groups in total. The van der Waals surface area contributed by atoms with Crippen LogP contribution in [0.2, 0.25) is 0 Å². The number of carbonyl (C=O) groups is 2. The molecule has 0 saturated heterocycles. The van der Waals surface area contributed by atoms with Crippen molar-refractivity contribution in [3.63, 3.8) is 0 Å². The molecule has 2 amide bonds. The molecule has 2 aromatic carbocycles. The average Bonchev–Trinajstić information content (AvgIpc) is 3.21. The Bertz CT molecular complexity index is 856. The Kier molecular flexibility index (Phi) is 5.49. The first-order valence-electron chi connectivity index (χ1n) is 8.46. The summed E-state index contributed by atoms with van der Waals surface area (Å²) in [5.74, 6) is 0.378. The first-order valence-corrected chi connectivity index (χ1v) is 8.46. The maximum absolute atomic E-state index is 12.8. The highest BCUT2D eigenvalue weighted by molar-refractivity contribution is 6.06. The van der Waals surface area contributed by atoms with Crippen molar-refractivity contribution in [2.75, 3.05) is 11.4 Å². The van der Waals surface area contributed by atoms with E-state index in [1.165, 1.54) is 0 Å². The van der Waals surface area contributed by atoms with Gasteiger partial charge in [-0.2, -0.15) is 0 Å². The smallest absolute Gasteiger partial charge is 0.258 e. The third-order valence-corrected chi connectivity index (χ3v) is 4.03. The largest absolute Gasteiger partial charge is 0.467 e. The van der Waals surface area contributed by atoms with Crippen molar-refractivity contribution in [2.45, 2.75) is 13.5 Å². The number of furan rings is 1. The van der Waals surface area contributed by atoms with Crippen molar-refractivity contribution < 1.29 is 14.0 Å². The normalized spacial score (nSPS) is 10.3. The second kappa shape index (κ2) is 8.16. The molecule has 1 aromatic heterocycles. The number of carbonyl (C=O) groups excluding carboxylic acids is 2. The van der Waals surface area contributed by atoms with Crippen molar-refractivity contribution >= 4 is 17.5 Å². The number of anilines is 1. The number of rotatable bonds is 6. The second-order valence-corrected chi connectivity index (χ2v) is 5.72. The molecule has 132 valence electrons. The lowest BCUT2D eigenvalue weighted by molar-refractivity contribution is 0.0945. The number of hydrogen-bond donors (Lipinski definition) is 1. The molecule has 0 aliphatic carbocycles. The van der Waals surface area contributed by atoms with Crippen LogP contribution in [0.4, 0.5) is 5.69 Å². The molecular formula is C21H20N2O3. The van der Waals surface area contributed by atoms with Crippen LogP contribution in [-0.2, 0) is 6.54 Å². The van der Waals surface area contributed by atoms with E-state index < -0.39 is 0 Å². The van der Waals surface area contributed by atoms with Gasteiger partial charge in [-0.05, 0) is 55.5 Å². The fraction of sp³-hybridized carbons (Fsp3) is 0.143. The van der Waals surface area contributed by atoms with Crippen molar-refractivity contribution in [1.82, 2.24) is 5.32 Å². The highest BCUT2D eigenvalue weighted by Gasteiger charge is 2.16. The standard InChI is InChI=1S/C21H20N2O3/c1-2-23(18-7-4-3-5-8-18)21(25)17-12-10-16(11-13-17)20(24)22-15-19-9-6-14-26-19/h3-14H,2,15H2,1H3,(H,22,24). The zero-order valence-corrected chi connectivity index (χ0v) is 14.5. The van der Waals surface area contributed by atoms with Crippen molar-refractivity contribution in [1.29, 1.82) is 0 Å². The Morgan fingerprint density at radius 1 is 0.923 bits per heavy atom. The third kappa shape index (κ3) is 4.00. The summed E-state index contributed by atoms with van der Waals surface area (Å²) in [5, 5.41) is 2.78. The highest BCUT2D eigenvalue weighted by atomic mass is 16.3. The number of para-hydroxylation sites is 1. The molecule has 5 nitrogen and oxygen atoms in total. The van der Waals surface area contributed by atoms with E-state index in [-0.39, 0.29) is 11.8 Å². The van der Waals surface area contributed by atoms with E-state index in [0.29, 0.717) is 30.0 Å². The van der Waals surface area contributed by atoms with Gasteiger partial charge in [0.15, 0.2) is 0 Å². The van der Waals surface area contributed by atoms with Crippen LogP contribution in [-0.4, -0.2) is 18.4 Å². The Morgan fingerprint density at radius 2 is 1.62 bits per heavy atom. The minimum atomic E-state index is -0.212. The Morgan fingerprint density at radius 3 is 2.23 bits per heavy atom. The first kappa shape index (κ1) is 17.5. The fourth-order valence-electron chi connectivity index (χ4n) is 2.65. The molecule has 26 heavy (non-hydrogen) atoms. The number of benzene rings is 2. The summed E-state index contributed by atoms with van der Waals surface area (Å²) >= 11 is 0. The Labute approximate surface area is 152 Å². The predicted molar refractivity (Wildman–Crippen MR) is 100 cm³/mol. The number of nitrogens with zero attached hydrogens (tertiary/aromatic N) is 1. The number of amides is 2. The SMILES string of the molecule is CCN(C(=O)c1ccc(C(=O)NCc2ccco2)cc1)c1ccccc1. The topological polar surface area (TPSA) is 62.6 Å². The molecule has 5 heteroatoms. The van der Waals surface area contributed by atoms with E-state index >= 15 is 0 Å². The zero-order valence-electron chi connectivity index (χ0n) is 14.5. The van der Waals surface area contributed by atoms with Gasteiger partial charge in [0, 0.05) is 23.4 Å². The molecular weight excluding hydrogens is 328 g/mol. The molecule has 0 radical (unpaired) electrons. The van der Waals surface area contributed by atoms with E-state index in [0.717, 1.165) is 5.69 Å². The van der Waals surface area contributed by atoms with Gasteiger partial charge >= 0.3 is 0 Å². The fourth-order valence-corrected chi connectivity index (χ4v) is 2.65. The van der Waals surface area contributed by atoms with Crippen LogP contribution in [0.1, 0.15) is 33.4 Å². The molecule has 3 aromatic rings. The van der Waals surface area contributed by atoms with Crippen LogP contribution in [0.25, 0.3) is 0 Å². The Balaban J connectivity index is 1.68. The molecule has 0 spiro atoms. The van der Waals surface area contributed by atoms with Gasteiger partial charge in [0.25, 0.3) is 11.8 Å². The first-order chi connectivity index (χ1) is 12.7. The maximum atomic E-state index is 12.8. The summed E-state index contributed by atoms with van der Waals surface area (Å²) in [6.45, 7) is 2.82. The zero-order chi connectivity index (χ0) is 18.4. The number of hydrogen-bond acceptors (Lipinski definition) is 3. The second-order valence-electron chi connectivity index (χ2n) is 5.72. The Hall–Kier alpha value is -3.34. The van der Waals surface area contributed by atoms with Crippen molar-refractivity contribution in [2.24, 2.45) is 0 Å². The van der Waals surface area contributed by atoms with Crippen LogP contribution in [0.5, 0.6) is 0 Å². The summed E-state index contributed by atoms with van der Waals surface area (Å²) in [5.41, 5.74) is 1.88. The van der Waals surface area contributed by atoms with E-state index in [2.05, 4.69) is 5.32 Å². The van der Waals surface area contributed by atoms with Gasteiger partial charge in [0.05, 0.1) is 12.8 Å². The van der Waals surface area contributed by atoms with Crippen molar-refractivity contribution in [3.05, 3.63) is 89.9 Å². The van der Waals surface area contributed by atoms with Gasteiger partial charge < -0.3 is 14.6 Å². The monoisotopic (exact) mass is 348 g/mol. The van der Waals surface area contributed by atoms with E-state index in [9.17, 15) is 9.59 Å². The molecule has 1 heterocycles. The van der Waals surface area contributed by atoms with Crippen molar-refractivity contribution in [3.8, 4) is 0 Å². The molecule has 0 saturated carbocycles. The van der Waals surface area contributed by atoms with Gasteiger partial charge in [-0.3, -0.25) is 9.59 Å². The third-order valence-electron chi connectivity index (χ3n) is 4.03. The lowest BCUT2D eigenvalue weighted by atomic mass is 10.1. The molecule has 0 bridgehead atoms. The van der Waals surface area contributed by atoms with Gasteiger partial charge in [-0.25, -0.2) is 0 Å². The van der Waals surface area contributed by atoms with Gasteiger partial charge in [-0.1, -0.05) is 18.2 Å². The predicted octanol–water partition coefficient (Wildman–Crippen LogP) is 3.88. The molecule has 0 aliphatic rings. The van der Waals surface area contributed by atoms with Gasteiger partial charge in [0.2, 0.25) is 0 Å². The summed E-state index contributed by atoms with van der Waals surface area (Å²) in [7, 11) is 0. The summed E-state index contributed by atoms with van der Waals surface area (Å²) in [4.78, 5) is 26.6. The number of nitrogens with one attached hydrogen (secondary N) is 1. The quantitative estimate of drug-likeness (QED) is 0.735. The van der Waals surface area contributed by atoms with Crippen LogP contribution in [0.15, 0.2) is 77.4 Å². The van der Waals surface area contributed by atoms with E-state index in [4.69, 9.17) is 4.42 Å². The van der Waals surface area contributed by atoms with Crippen LogP contribution < -0.4 is 10.2 Å². The lowest BCUT2D eigenvalue weighted by Gasteiger charge is -2.21.